The van der Waals surface area contributed by atoms with Gasteiger partial charge in [-0.2, -0.15) is 9.34 Å². The van der Waals surface area contributed by atoms with Crippen LogP contribution in [0.25, 0.3) is 21.5 Å². The van der Waals surface area contributed by atoms with E-state index in [1.54, 1.807) is 0 Å². The van der Waals surface area contributed by atoms with E-state index < -0.39 is 0 Å². The van der Waals surface area contributed by atoms with E-state index in [1.807, 2.05) is 0 Å². The van der Waals surface area contributed by atoms with Crippen LogP contribution in [0.1, 0.15) is 37.1 Å². The quantitative estimate of drug-likeness (QED) is 0.327. The minimum atomic E-state index is 0.309. The number of hydrogen-bond donors (Lipinski definition) is 0. The van der Waals surface area contributed by atoms with Gasteiger partial charge in [0.2, 0.25) is 0 Å². The SMILES string of the molecule is C[C@@H](c1cccc2ccccc12)N1C=CN([C@@H](C)c2cccc3ccccc23)[P+]1. The van der Waals surface area contributed by atoms with Crippen molar-refractivity contribution < 1.29 is 0 Å². The van der Waals surface area contributed by atoms with E-state index in [1.165, 1.54) is 41.6 Å². The molecule has 5 rings (SSSR count). The Kier molecular flexibility index (Phi) is 4.73. The molecule has 0 spiro atoms. The molecule has 1 heterocycles. The first-order valence-corrected chi connectivity index (χ1v) is 10.9. The van der Waals surface area contributed by atoms with Gasteiger partial charge in [-0.05, 0) is 46.5 Å². The molecule has 3 heteroatoms. The molecular formula is C26H24N2P+. The average molecular weight is 395 g/mol. The topological polar surface area (TPSA) is 6.48 Å². The maximum Gasteiger partial charge on any atom is 0.626 e. The second kappa shape index (κ2) is 7.54. The van der Waals surface area contributed by atoms with Crippen LogP contribution in [-0.2, 0) is 0 Å². The van der Waals surface area contributed by atoms with Crippen molar-refractivity contribution in [2.75, 3.05) is 0 Å². The molecule has 2 nitrogen and oxygen atoms in total. The van der Waals surface area contributed by atoms with Crippen molar-refractivity contribution in [3.63, 3.8) is 0 Å². The van der Waals surface area contributed by atoms with Crippen molar-refractivity contribution in [2.45, 2.75) is 25.9 Å². The predicted molar refractivity (Wildman–Crippen MR) is 124 cm³/mol. The highest BCUT2D eigenvalue weighted by molar-refractivity contribution is 7.33. The van der Waals surface area contributed by atoms with Gasteiger partial charge < -0.3 is 0 Å². The number of rotatable bonds is 4. The molecule has 29 heavy (non-hydrogen) atoms. The Labute approximate surface area is 174 Å². The minimum Gasteiger partial charge on any atom is -0.156 e. The van der Waals surface area contributed by atoms with Crippen LogP contribution >= 0.6 is 8.88 Å². The maximum absolute atomic E-state index is 2.41. The summed E-state index contributed by atoms with van der Waals surface area (Å²) in [6, 6.07) is 31.2. The Morgan fingerprint density at radius 3 is 1.45 bits per heavy atom. The molecule has 4 aromatic rings. The lowest BCUT2D eigenvalue weighted by Gasteiger charge is -2.19. The first-order chi connectivity index (χ1) is 14.2. The first kappa shape index (κ1) is 18.2. The third-order valence-corrected chi connectivity index (χ3v) is 7.29. The fourth-order valence-corrected chi connectivity index (χ4v) is 5.28. The van der Waals surface area contributed by atoms with Gasteiger partial charge in [-0.1, -0.05) is 84.9 Å². The molecule has 1 aliphatic rings. The molecule has 142 valence electrons. The van der Waals surface area contributed by atoms with Gasteiger partial charge in [0.25, 0.3) is 0 Å². The van der Waals surface area contributed by atoms with Crippen molar-refractivity contribution in [2.24, 2.45) is 0 Å². The Balaban J connectivity index is 1.40. The monoisotopic (exact) mass is 395 g/mol. The number of benzene rings is 4. The molecular weight excluding hydrogens is 371 g/mol. The minimum absolute atomic E-state index is 0.309. The van der Waals surface area contributed by atoms with Crippen LogP contribution in [0.5, 0.6) is 0 Å². The Morgan fingerprint density at radius 1 is 0.552 bits per heavy atom. The van der Waals surface area contributed by atoms with Crippen LogP contribution in [-0.4, -0.2) is 9.34 Å². The highest BCUT2D eigenvalue weighted by atomic mass is 31.1. The van der Waals surface area contributed by atoms with Crippen LogP contribution in [0.15, 0.2) is 97.3 Å². The molecule has 2 atom stereocenters. The zero-order valence-corrected chi connectivity index (χ0v) is 17.6. The third kappa shape index (κ3) is 3.28. The Morgan fingerprint density at radius 2 is 0.966 bits per heavy atom. The highest BCUT2D eigenvalue weighted by Gasteiger charge is 2.40. The number of hydrogen-bond acceptors (Lipinski definition) is 2. The molecule has 0 aliphatic carbocycles. The van der Waals surface area contributed by atoms with E-state index in [0.29, 0.717) is 12.1 Å². The highest BCUT2D eigenvalue weighted by Crippen LogP contribution is 2.45. The van der Waals surface area contributed by atoms with E-state index in [9.17, 15) is 0 Å². The van der Waals surface area contributed by atoms with Crippen molar-refractivity contribution >= 4 is 30.4 Å². The van der Waals surface area contributed by atoms with E-state index in [0.717, 1.165) is 0 Å². The Bertz CT molecular complexity index is 1100. The van der Waals surface area contributed by atoms with Crippen LogP contribution in [0.3, 0.4) is 0 Å². The molecule has 0 saturated carbocycles. The molecule has 0 N–H and O–H groups in total. The second-order valence-corrected chi connectivity index (χ2v) is 8.74. The van der Waals surface area contributed by atoms with Gasteiger partial charge in [0.1, 0.15) is 0 Å². The predicted octanol–water partition coefficient (Wildman–Crippen LogP) is 7.68. The van der Waals surface area contributed by atoms with Crippen molar-refractivity contribution in [1.82, 2.24) is 9.34 Å². The van der Waals surface area contributed by atoms with Gasteiger partial charge in [-0.3, -0.25) is 0 Å². The zero-order valence-electron chi connectivity index (χ0n) is 16.7. The molecule has 0 aromatic heterocycles. The largest absolute Gasteiger partial charge is 0.626 e. The summed E-state index contributed by atoms with van der Waals surface area (Å²) >= 11 is 0. The summed E-state index contributed by atoms with van der Waals surface area (Å²) in [5.41, 5.74) is 2.75. The molecule has 0 saturated heterocycles. The Hall–Kier alpha value is -2.83. The standard InChI is InChI=1S/C26H24N2P/c1-19(23-15-7-11-21-9-3-5-13-25(21)23)27-17-18-28(29-27)20(2)24-16-8-12-22-10-4-6-14-26(22)24/h3-20H,1-2H3/q+1/t19-,20-/m0/s1. The summed E-state index contributed by atoms with van der Waals surface area (Å²) in [4.78, 5) is 0. The smallest absolute Gasteiger partial charge is 0.156 e. The first-order valence-electron chi connectivity index (χ1n) is 10.1. The maximum atomic E-state index is 2.41. The summed E-state index contributed by atoms with van der Waals surface area (Å²) in [6.45, 7) is 4.59. The average Bonchev–Trinajstić information content (AvgIpc) is 3.28. The van der Waals surface area contributed by atoms with Gasteiger partial charge in [0, 0.05) is 0 Å². The molecule has 4 aromatic carbocycles. The summed E-state index contributed by atoms with van der Waals surface area (Å²) in [7, 11) is 1.19. The van der Waals surface area contributed by atoms with Crippen LogP contribution in [0, 0.1) is 0 Å². The van der Waals surface area contributed by atoms with E-state index in [-0.39, 0.29) is 0 Å². The number of fused-ring (bicyclic) bond motifs is 2. The molecule has 0 bridgehead atoms. The normalized spacial score (nSPS) is 15.9. The fourth-order valence-electron chi connectivity index (χ4n) is 4.24. The summed E-state index contributed by atoms with van der Waals surface area (Å²) < 4.78 is 4.81. The van der Waals surface area contributed by atoms with Crippen molar-refractivity contribution in [1.29, 1.82) is 0 Å². The van der Waals surface area contributed by atoms with E-state index in [2.05, 4.69) is 121 Å². The van der Waals surface area contributed by atoms with Crippen LogP contribution in [0.4, 0.5) is 0 Å². The number of nitrogens with zero attached hydrogens (tertiary/aromatic N) is 2. The summed E-state index contributed by atoms with van der Waals surface area (Å²) in [6.07, 6.45) is 4.46. The second-order valence-electron chi connectivity index (χ2n) is 7.64. The molecule has 0 unspecified atom stereocenters. The van der Waals surface area contributed by atoms with Crippen molar-refractivity contribution in [3.8, 4) is 0 Å². The van der Waals surface area contributed by atoms with Gasteiger partial charge in [0.05, 0.1) is 24.5 Å². The van der Waals surface area contributed by atoms with E-state index >= 15 is 0 Å². The lowest BCUT2D eigenvalue weighted by Crippen LogP contribution is -2.15. The lowest BCUT2D eigenvalue weighted by atomic mass is 10.00. The zero-order chi connectivity index (χ0) is 19.8. The van der Waals surface area contributed by atoms with Crippen LogP contribution in [0.2, 0.25) is 0 Å². The molecule has 1 aliphatic heterocycles. The molecule has 0 amide bonds. The fraction of sp³-hybridized carbons (Fsp3) is 0.154. The lowest BCUT2D eigenvalue weighted by molar-refractivity contribution is 0.462. The van der Waals surface area contributed by atoms with Crippen LogP contribution < -0.4 is 0 Å². The van der Waals surface area contributed by atoms with Gasteiger partial charge >= 0.3 is 8.88 Å². The summed E-state index contributed by atoms with van der Waals surface area (Å²) in [5, 5.41) is 5.29. The molecule has 0 fully saturated rings. The third-order valence-electron chi connectivity index (χ3n) is 5.92. The van der Waals surface area contributed by atoms with E-state index in [4.69, 9.17) is 0 Å². The van der Waals surface area contributed by atoms with Gasteiger partial charge in [-0.25, -0.2) is 0 Å². The van der Waals surface area contributed by atoms with Crippen molar-refractivity contribution in [3.05, 3.63) is 108 Å². The van der Waals surface area contributed by atoms with Gasteiger partial charge in [-0.15, -0.1) is 0 Å². The molecule has 2 radical (unpaired) electrons. The summed E-state index contributed by atoms with van der Waals surface area (Å²) in [5.74, 6) is 0. The van der Waals surface area contributed by atoms with Gasteiger partial charge in [0.15, 0.2) is 0 Å².